The van der Waals surface area contributed by atoms with Gasteiger partial charge < -0.3 is 15.2 Å². The van der Waals surface area contributed by atoms with E-state index in [1.807, 2.05) is 25.1 Å². The summed E-state index contributed by atoms with van der Waals surface area (Å²) in [6.07, 6.45) is 1.09. The van der Waals surface area contributed by atoms with Crippen LogP contribution < -0.4 is 10.5 Å². The molecule has 2 atom stereocenters. The molecule has 20 heavy (non-hydrogen) atoms. The molecule has 0 fully saturated rings. The largest absolute Gasteiger partial charge is 0.496 e. The molecule has 0 spiro atoms. The molecule has 4 nitrogen and oxygen atoms in total. The maximum absolute atomic E-state index is 11.5. The number of carbonyl (C=O) groups is 1. The zero-order valence-electron chi connectivity index (χ0n) is 12.2. The van der Waals surface area contributed by atoms with E-state index in [0.29, 0.717) is 19.4 Å². The van der Waals surface area contributed by atoms with Crippen molar-refractivity contribution in [2.24, 2.45) is 11.7 Å². The predicted octanol–water partition coefficient (Wildman–Crippen LogP) is 3.44. The minimum atomic E-state index is -0.174. The molecule has 0 radical (unpaired) electrons. The van der Waals surface area contributed by atoms with Crippen LogP contribution in [0.5, 0.6) is 5.75 Å². The maximum atomic E-state index is 11.5. The van der Waals surface area contributed by atoms with Crippen molar-refractivity contribution in [2.75, 3.05) is 13.7 Å². The van der Waals surface area contributed by atoms with Crippen LogP contribution in [0.3, 0.4) is 0 Å². The monoisotopic (exact) mass is 343 g/mol. The van der Waals surface area contributed by atoms with Crippen molar-refractivity contribution in [2.45, 2.75) is 32.7 Å². The highest BCUT2D eigenvalue weighted by Gasteiger charge is 2.18. The first-order valence-corrected chi connectivity index (χ1v) is 7.51. The highest BCUT2D eigenvalue weighted by molar-refractivity contribution is 9.10. The number of benzene rings is 1. The number of carbonyl (C=O) groups excluding carboxylic acids is 1. The third kappa shape index (κ3) is 5.13. The Bertz CT molecular complexity index is 451. The third-order valence-corrected chi connectivity index (χ3v) is 3.56. The Labute approximate surface area is 128 Å². The van der Waals surface area contributed by atoms with Crippen LogP contribution in [-0.2, 0) is 9.53 Å². The summed E-state index contributed by atoms with van der Waals surface area (Å²) in [5.41, 5.74) is 7.18. The molecule has 0 heterocycles. The van der Waals surface area contributed by atoms with Crippen molar-refractivity contribution < 1.29 is 14.3 Å². The van der Waals surface area contributed by atoms with Crippen molar-refractivity contribution in [1.29, 1.82) is 0 Å². The van der Waals surface area contributed by atoms with E-state index in [1.54, 1.807) is 14.0 Å². The number of ether oxygens (including phenoxy) is 2. The quantitative estimate of drug-likeness (QED) is 0.770. The SMILES string of the molecule is CCOC(=O)CC(C)CC(N)c1cc(Br)ccc1OC. The number of hydrogen-bond acceptors (Lipinski definition) is 4. The van der Waals surface area contributed by atoms with Gasteiger partial charge in [0.2, 0.25) is 0 Å². The Kier molecular flexibility index (Phi) is 7.02. The highest BCUT2D eigenvalue weighted by atomic mass is 79.9. The van der Waals surface area contributed by atoms with Gasteiger partial charge in [-0.3, -0.25) is 4.79 Å². The second-order valence-electron chi connectivity index (χ2n) is 4.84. The molecular formula is C15H22BrNO3. The van der Waals surface area contributed by atoms with Crippen molar-refractivity contribution in [3.8, 4) is 5.75 Å². The van der Waals surface area contributed by atoms with Crippen LogP contribution in [0.1, 0.15) is 38.3 Å². The van der Waals surface area contributed by atoms with E-state index >= 15 is 0 Å². The molecule has 0 saturated carbocycles. The van der Waals surface area contributed by atoms with E-state index in [9.17, 15) is 4.79 Å². The van der Waals surface area contributed by atoms with E-state index in [-0.39, 0.29) is 17.9 Å². The van der Waals surface area contributed by atoms with Crippen LogP contribution >= 0.6 is 15.9 Å². The molecule has 2 unspecified atom stereocenters. The fraction of sp³-hybridized carbons (Fsp3) is 0.533. The number of halogens is 1. The molecule has 0 saturated heterocycles. The average Bonchev–Trinajstić information content (AvgIpc) is 2.38. The lowest BCUT2D eigenvalue weighted by Gasteiger charge is -2.19. The van der Waals surface area contributed by atoms with Gasteiger partial charge in [0.15, 0.2) is 0 Å². The van der Waals surface area contributed by atoms with E-state index in [4.69, 9.17) is 15.2 Å². The van der Waals surface area contributed by atoms with E-state index in [2.05, 4.69) is 15.9 Å². The first-order chi connectivity index (χ1) is 9.47. The fourth-order valence-electron chi connectivity index (χ4n) is 2.14. The Morgan fingerprint density at radius 3 is 2.75 bits per heavy atom. The van der Waals surface area contributed by atoms with Gasteiger partial charge in [0.25, 0.3) is 0 Å². The summed E-state index contributed by atoms with van der Waals surface area (Å²) in [4.78, 5) is 11.5. The summed E-state index contributed by atoms with van der Waals surface area (Å²) in [6, 6.07) is 5.58. The fourth-order valence-corrected chi connectivity index (χ4v) is 2.52. The normalized spacial score (nSPS) is 13.7. The second-order valence-corrected chi connectivity index (χ2v) is 5.76. The Morgan fingerprint density at radius 2 is 2.15 bits per heavy atom. The van der Waals surface area contributed by atoms with Gasteiger partial charge in [-0.25, -0.2) is 0 Å². The first-order valence-electron chi connectivity index (χ1n) is 6.72. The number of hydrogen-bond donors (Lipinski definition) is 1. The topological polar surface area (TPSA) is 61.5 Å². The molecule has 1 aromatic rings. The van der Waals surface area contributed by atoms with Gasteiger partial charge in [-0.05, 0) is 37.5 Å². The van der Waals surface area contributed by atoms with Gasteiger partial charge in [-0.15, -0.1) is 0 Å². The van der Waals surface area contributed by atoms with Crippen LogP contribution in [0, 0.1) is 5.92 Å². The van der Waals surface area contributed by atoms with Crippen LogP contribution in [0.2, 0.25) is 0 Å². The third-order valence-electron chi connectivity index (χ3n) is 3.07. The van der Waals surface area contributed by atoms with Crippen molar-refractivity contribution in [3.05, 3.63) is 28.2 Å². The summed E-state index contributed by atoms with van der Waals surface area (Å²) >= 11 is 3.44. The van der Waals surface area contributed by atoms with Gasteiger partial charge in [-0.2, -0.15) is 0 Å². The minimum absolute atomic E-state index is 0.160. The summed E-state index contributed by atoms with van der Waals surface area (Å²) in [6.45, 7) is 4.22. The van der Waals surface area contributed by atoms with Crippen molar-refractivity contribution in [1.82, 2.24) is 0 Å². The molecule has 0 amide bonds. The number of methoxy groups -OCH3 is 1. The van der Waals surface area contributed by atoms with E-state index < -0.39 is 0 Å². The molecule has 0 aromatic heterocycles. The standard InChI is InChI=1S/C15H22BrNO3/c1-4-20-15(18)8-10(2)7-13(17)12-9-11(16)5-6-14(12)19-3/h5-6,9-10,13H,4,7-8,17H2,1-3H3. The molecule has 112 valence electrons. The van der Waals surface area contributed by atoms with E-state index in [1.165, 1.54) is 0 Å². The Morgan fingerprint density at radius 1 is 1.45 bits per heavy atom. The van der Waals surface area contributed by atoms with E-state index in [0.717, 1.165) is 15.8 Å². The van der Waals surface area contributed by atoms with Gasteiger partial charge >= 0.3 is 5.97 Å². The smallest absolute Gasteiger partial charge is 0.306 e. The Balaban J connectivity index is 2.68. The highest BCUT2D eigenvalue weighted by Crippen LogP contribution is 2.31. The lowest BCUT2D eigenvalue weighted by molar-refractivity contribution is -0.144. The predicted molar refractivity (Wildman–Crippen MR) is 82.7 cm³/mol. The van der Waals surface area contributed by atoms with Gasteiger partial charge in [-0.1, -0.05) is 22.9 Å². The first kappa shape index (κ1) is 17.0. The van der Waals surface area contributed by atoms with Gasteiger partial charge in [0.05, 0.1) is 13.7 Å². The zero-order chi connectivity index (χ0) is 15.1. The molecule has 0 bridgehead atoms. The molecule has 1 rings (SSSR count). The summed E-state index contributed by atoms with van der Waals surface area (Å²) in [5, 5.41) is 0. The minimum Gasteiger partial charge on any atom is -0.496 e. The lowest BCUT2D eigenvalue weighted by Crippen LogP contribution is -2.18. The lowest BCUT2D eigenvalue weighted by atomic mass is 9.94. The molecule has 5 heteroatoms. The average molecular weight is 344 g/mol. The molecule has 0 aliphatic heterocycles. The summed E-state index contributed by atoms with van der Waals surface area (Å²) in [5.74, 6) is 0.755. The van der Waals surface area contributed by atoms with Gasteiger partial charge in [0, 0.05) is 22.5 Å². The van der Waals surface area contributed by atoms with Crippen LogP contribution in [0.15, 0.2) is 22.7 Å². The summed E-state index contributed by atoms with van der Waals surface area (Å²) in [7, 11) is 1.63. The number of rotatable bonds is 7. The molecular weight excluding hydrogens is 322 g/mol. The number of esters is 1. The van der Waals surface area contributed by atoms with Crippen molar-refractivity contribution >= 4 is 21.9 Å². The Hall–Kier alpha value is -1.07. The van der Waals surface area contributed by atoms with Crippen molar-refractivity contribution in [3.63, 3.8) is 0 Å². The molecule has 0 aliphatic rings. The molecule has 0 aliphatic carbocycles. The van der Waals surface area contributed by atoms with Crippen LogP contribution in [0.25, 0.3) is 0 Å². The van der Waals surface area contributed by atoms with Crippen LogP contribution in [-0.4, -0.2) is 19.7 Å². The second kappa shape index (κ2) is 8.27. The maximum Gasteiger partial charge on any atom is 0.306 e. The molecule has 2 N–H and O–H groups in total. The summed E-state index contributed by atoms with van der Waals surface area (Å²) < 4.78 is 11.2. The van der Waals surface area contributed by atoms with Gasteiger partial charge in [0.1, 0.15) is 5.75 Å². The zero-order valence-corrected chi connectivity index (χ0v) is 13.8. The number of nitrogens with two attached hydrogens (primary N) is 1. The van der Waals surface area contributed by atoms with Crippen LogP contribution in [0.4, 0.5) is 0 Å². The molecule has 1 aromatic carbocycles.